The average molecular weight is 405 g/mol. The number of rotatable bonds is 0. The molecule has 0 aliphatic heterocycles. The maximum atomic E-state index is 2.24. The molecule has 0 spiro atoms. The van der Waals surface area contributed by atoms with Gasteiger partial charge in [-0.2, -0.15) is 0 Å². The summed E-state index contributed by atoms with van der Waals surface area (Å²) in [4.78, 5) is 0. The summed E-state index contributed by atoms with van der Waals surface area (Å²) < 4.78 is 0. The molecule has 2 aliphatic carbocycles. The van der Waals surface area contributed by atoms with Crippen LogP contribution in [0.4, 0.5) is 0 Å². The number of hydrogen-bond acceptors (Lipinski definition) is 0. The van der Waals surface area contributed by atoms with E-state index in [4.69, 9.17) is 0 Å². The molecule has 0 saturated heterocycles. The van der Waals surface area contributed by atoms with Crippen molar-refractivity contribution in [2.75, 3.05) is 0 Å². The van der Waals surface area contributed by atoms with Crippen molar-refractivity contribution in [1.29, 1.82) is 0 Å². The zero-order valence-corrected chi connectivity index (χ0v) is 20.3. The lowest BCUT2D eigenvalue weighted by molar-refractivity contribution is 0.912. The van der Waals surface area contributed by atoms with Crippen molar-refractivity contribution >= 4 is 0 Å². The predicted octanol–water partition coefficient (Wildman–Crippen LogP) is 9.12. The summed E-state index contributed by atoms with van der Waals surface area (Å²) >= 11 is 0. The molecule has 3 aromatic carbocycles. The van der Waals surface area contributed by atoms with Crippen molar-refractivity contribution in [1.82, 2.24) is 0 Å². The monoisotopic (exact) mass is 404 g/mol. The second-order valence-corrected chi connectivity index (χ2v) is 6.40. The molecule has 2 aliphatic rings. The summed E-state index contributed by atoms with van der Waals surface area (Å²) in [7, 11) is 0. The summed E-state index contributed by atoms with van der Waals surface area (Å²) in [6.45, 7) is 12.0. The zero-order chi connectivity index (χ0) is 22.5. The van der Waals surface area contributed by atoms with Crippen molar-refractivity contribution in [2.45, 2.75) is 80.1 Å². The fourth-order valence-electron chi connectivity index (χ4n) is 3.41. The van der Waals surface area contributed by atoms with Gasteiger partial charge in [0.15, 0.2) is 0 Å². The predicted molar refractivity (Wildman–Crippen MR) is 137 cm³/mol. The fourth-order valence-corrected chi connectivity index (χ4v) is 3.41. The highest BCUT2D eigenvalue weighted by atomic mass is 14.1. The Morgan fingerprint density at radius 2 is 0.533 bits per heavy atom. The van der Waals surface area contributed by atoms with E-state index in [1.807, 2.05) is 77.9 Å². The zero-order valence-electron chi connectivity index (χ0n) is 20.3. The molecule has 30 heavy (non-hydrogen) atoms. The van der Waals surface area contributed by atoms with E-state index < -0.39 is 0 Å². The van der Waals surface area contributed by atoms with Crippen molar-refractivity contribution < 1.29 is 0 Å². The molecule has 3 aromatic rings. The Labute approximate surface area is 187 Å². The number of fused-ring (bicyclic) bond motifs is 2. The molecule has 0 heterocycles. The van der Waals surface area contributed by atoms with Gasteiger partial charge in [0.2, 0.25) is 0 Å². The molecule has 0 heteroatoms. The largest absolute Gasteiger partial charge is 0.0683 e. The molecule has 0 N–H and O–H groups in total. The average Bonchev–Trinajstić information content (AvgIpc) is 3.54. The minimum Gasteiger partial charge on any atom is -0.0683 e. The first-order valence-corrected chi connectivity index (χ1v) is 12.1. The molecular formula is C30H44. The lowest BCUT2D eigenvalue weighted by Gasteiger charge is -1.93. The van der Waals surface area contributed by atoms with E-state index in [2.05, 4.69) is 48.5 Å². The highest BCUT2D eigenvalue weighted by Crippen LogP contribution is 2.20. The highest BCUT2D eigenvalue weighted by Gasteiger charge is 2.07. The van der Waals surface area contributed by atoms with Gasteiger partial charge in [-0.25, -0.2) is 0 Å². The van der Waals surface area contributed by atoms with Crippen LogP contribution in [0, 0.1) is 0 Å². The fraction of sp³-hybridized carbons (Fsp3) is 0.400. The van der Waals surface area contributed by atoms with Crippen molar-refractivity contribution in [3.05, 3.63) is 107 Å². The molecule has 164 valence electrons. The third-order valence-corrected chi connectivity index (χ3v) is 4.69. The molecule has 5 rings (SSSR count). The highest BCUT2D eigenvalue weighted by molar-refractivity contribution is 5.31. The standard InChI is InChI=1S/2C9H10.C6H6.3C2H6/c2*1-2-5-9-7-3-6-8(9)4-1;1-2-4-6-5-3-1;3*1-2/h2*1-2,4-5H,3,6-7H2;1-6H;3*1-2H3. The first-order chi connectivity index (χ1) is 14.9. The van der Waals surface area contributed by atoms with Crippen LogP contribution in [0.15, 0.2) is 84.9 Å². The molecule has 0 aromatic heterocycles. The molecule has 0 radical (unpaired) electrons. The van der Waals surface area contributed by atoms with Crippen LogP contribution in [0.25, 0.3) is 0 Å². The van der Waals surface area contributed by atoms with E-state index >= 15 is 0 Å². The number of hydrogen-bond donors (Lipinski definition) is 0. The van der Waals surface area contributed by atoms with Crippen molar-refractivity contribution in [2.24, 2.45) is 0 Å². The van der Waals surface area contributed by atoms with Crippen LogP contribution in [-0.4, -0.2) is 0 Å². The van der Waals surface area contributed by atoms with Gasteiger partial charge in [-0.15, -0.1) is 0 Å². The molecule has 0 unspecified atom stereocenters. The Morgan fingerprint density at radius 3 is 0.733 bits per heavy atom. The lowest BCUT2D eigenvalue weighted by atomic mass is 10.1. The van der Waals surface area contributed by atoms with Gasteiger partial charge in [-0.1, -0.05) is 126 Å². The van der Waals surface area contributed by atoms with E-state index in [-0.39, 0.29) is 0 Å². The van der Waals surface area contributed by atoms with Gasteiger partial charge in [0, 0.05) is 0 Å². The van der Waals surface area contributed by atoms with Crippen LogP contribution >= 0.6 is 0 Å². The molecular weight excluding hydrogens is 360 g/mol. The quantitative estimate of drug-likeness (QED) is 0.350. The molecule has 0 amide bonds. The van der Waals surface area contributed by atoms with Crippen molar-refractivity contribution in [3.8, 4) is 0 Å². The Bertz CT molecular complexity index is 606. The van der Waals surface area contributed by atoms with Crippen LogP contribution in [-0.2, 0) is 25.7 Å². The van der Waals surface area contributed by atoms with Crippen LogP contribution in [0.2, 0.25) is 0 Å². The van der Waals surface area contributed by atoms with E-state index in [1.54, 1.807) is 22.3 Å². The topological polar surface area (TPSA) is 0 Å². The van der Waals surface area contributed by atoms with Gasteiger partial charge >= 0.3 is 0 Å². The van der Waals surface area contributed by atoms with E-state index in [9.17, 15) is 0 Å². The van der Waals surface area contributed by atoms with E-state index in [1.165, 1.54) is 38.5 Å². The van der Waals surface area contributed by atoms with Gasteiger partial charge < -0.3 is 0 Å². The normalized spacial score (nSPS) is 11.5. The Hall–Kier alpha value is -2.34. The van der Waals surface area contributed by atoms with Crippen LogP contribution in [0.3, 0.4) is 0 Å². The SMILES string of the molecule is CC.CC.CC.c1ccc2c(c1)CCC2.c1ccc2c(c1)CCC2.c1ccccc1. The first-order valence-electron chi connectivity index (χ1n) is 12.1. The Balaban J connectivity index is 0.000000380. The van der Waals surface area contributed by atoms with Gasteiger partial charge in [-0.3, -0.25) is 0 Å². The van der Waals surface area contributed by atoms with Crippen LogP contribution < -0.4 is 0 Å². The maximum Gasteiger partial charge on any atom is -0.0273 e. The molecule has 0 atom stereocenters. The van der Waals surface area contributed by atoms with E-state index in [0.29, 0.717) is 0 Å². The molecule has 0 fully saturated rings. The third kappa shape index (κ3) is 11.0. The Morgan fingerprint density at radius 1 is 0.333 bits per heavy atom. The van der Waals surface area contributed by atoms with Gasteiger partial charge in [-0.05, 0) is 60.8 Å². The molecule has 0 nitrogen and oxygen atoms in total. The van der Waals surface area contributed by atoms with Gasteiger partial charge in [0.1, 0.15) is 0 Å². The lowest BCUT2D eigenvalue weighted by Crippen LogP contribution is -1.77. The molecule has 0 bridgehead atoms. The van der Waals surface area contributed by atoms with Gasteiger partial charge in [0.05, 0.1) is 0 Å². The summed E-state index contributed by atoms with van der Waals surface area (Å²) in [6.07, 6.45) is 7.93. The maximum absolute atomic E-state index is 2.24. The van der Waals surface area contributed by atoms with E-state index in [0.717, 1.165) is 0 Å². The minimum absolute atomic E-state index is 1.30. The minimum atomic E-state index is 1.30. The summed E-state index contributed by atoms with van der Waals surface area (Å²) in [5, 5.41) is 0. The summed E-state index contributed by atoms with van der Waals surface area (Å²) in [5.74, 6) is 0. The number of aryl methyl sites for hydroxylation is 4. The Kier molecular flexibility index (Phi) is 18.4. The second kappa shape index (κ2) is 20.0. The smallest absolute Gasteiger partial charge is 0.0273 e. The van der Waals surface area contributed by atoms with Crippen LogP contribution in [0.5, 0.6) is 0 Å². The van der Waals surface area contributed by atoms with Crippen molar-refractivity contribution in [3.63, 3.8) is 0 Å². The number of benzene rings is 3. The van der Waals surface area contributed by atoms with Crippen LogP contribution in [0.1, 0.15) is 76.6 Å². The second-order valence-electron chi connectivity index (χ2n) is 6.40. The van der Waals surface area contributed by atoms with Gasteiger partial charge in [0.25, 0.3) is 0 Å². The third-order valence-electron chi connectivity index (χ3n) is 4.69. The summed E-state index contributed by atoms with van der Waals surface area (Å²) in [5.41, 5.74) is 6.27. The first kappa shape index (κ1) is 27.7. The summed E-state index contributed by atoms with van der Waals surface area (Å²) in [6, 6.07) is 29.5. The molecule has 0 saturated carbocycles.